The number of amides is 1. The molecule has 3 aromatic rings. The third-order valence-corrected chi connectivity index (χ3v) is 5.52. The molecule has 2 heterocycles. The molecule has 1 aliphatic heterocycles. The zero-order chi connectivity index (χ0) is 21.1. The minimum Gasteiger partial charge on any atom is -0.368 e. The number of nitrogens with two attached hydrogens (primary N) is 1. The van der Waals surface area contributed by atoms with Gasteiger partial charge in [0.2, 0.25) is 5.95 Å². The summed E-state index contributed by atoms with van der Waals surface area (Å²) in [5, 5.41) is 4.00. The molecule has 1 aromatic heterocycles. The van der Waals surface area contributed by atoms with Gasteiger partial charge in [-0.15, -0.1) is 0 Å². The molecule has 1 atom stereocenters. The van der Waals surface area contributed by atoms with Gasteiger partial charge in [-0.25, -0.2) is 4.98 Å². The number of rotatable bonds is 5. The Hall–Kier alpha value is -3.19. The second-order valence-electron chi connectivity index (χ2n) is 7.99. The van der Waals surface area contributed by atoms with Gasteiger partial charge >= 0.3 is 0 Å². The maximum atomic E-state index is 12.8. The summed E-state index contributed by atoms with van der Waals surface area (Å²) in [5.41, 5.74) is 8.46. The maximum absolute atomic E-state index is 12.8. The summed E-state index contributed by atoms with van der Waals surface area (Å²) in [7, 11) is 2.12. The van der Waals surface area contributed by atoms with Crippen LogP contribution in [0.25, 0.3) is 10.9 Å². The smallest absolute Gasteiger partial charge is 0.251 e. The number of fused-ring (bicyclic) bond motifs is 1. The van der Waals surface area contributed by atoms with E-state index in [9.17, 15) is 4.79 Å². The van der Waals surface area contributed by atoms with Crippen LogP contribution < -0.4 is 16.0 Å². The minimum absolute atomic E-state index is 0.0203. The lowest BCUT2D eigenvalue weighted by molar-refractivity contribution is 0.0940. The third kappa shape index (κ3) is 4.52. The summed E-state index contributed by atoms with van der Waals surface area (Å²) >= 11 is 0. The number of nitrogen functional groups attached to an aromatic ring is 1. The van der Waals surface area contributed by atoms with Crippen LogP contribution in [-0.2, 0) is 6.42 Å². The van der Waals surface area contributed by atoms with E-state index in [1.165, 1.54) is 5.56 Å². The fourth-order valence-electron chi connectivity index (χ4n) is 3.86. The number of piperazine rings is 1. The van der Waals surface area contributed by atoms with Crippen LogP contribution in [0.3, 0.4) is 0 Å². The normalized spacial score (nSPS) is 15.9. The van der Waals surface area contributed by atoms with E-state index < -0.39 is 0 Å². The summed E-state index contributed by atoms with van der Waals surface area (Å²) in [6.07, 6.45) is 0.781. The standard InChI is InChI=1S/C23H28N6O/c1-16(14-17-6-4-3-5-7-17)25-22(30)18-8-9-19-20(15-18)26-23(24)27-21(19)29-12-10-28(2)11-13-29/h3-9,15-16H,10-14H2,1-2H3,(H,25,30)(H2,24,26,27). The number of aromatic nitrogens is 2. The molecule has 0 aliphatic carbocycles. The molecule has 1 aliphatic rings. The molecular weight excluding hydrogens is 376 g/mol. The van der Waals surface area contributed by atoms with Crippen molar-refractivity contribution in [2.24, 2.45) is 0 Å². The van der Waals surface area contributed by atoms with Gasteiger partial charge in [0.05, 0.1) is 5.52 Å². The molecule has 1 fully saturated rings. The van der Waals surface area contributed by atoms with Crippen LogP contribution in [0.4, 0.5) is 11.8 Å². The Morgan fingerprint density at radius 2 is 1.83 bits per heavy atom. The number of carbonyl (C=O) groups is 1. The molecule has 4 rings (SSSR count). The van der Waals surface area contributed by atoms with E-state index in [4.69, 9.17) is 5.73 Å². The van der Waals surface area contributed by atoms with Crippen molar-refractivity contribution in [1.82, 2.24) is 20.2 Å². The van der Waals surface area contributed by atoms with Gasteiger partial charge in [-0.3, -0.25) is 4.79 Å². The Balaban J connectivity index is 1.53. The van der Waals surface area contributed by atoms with Gasteiger partial charge in [0.25, 0.3) is 5.91 Å². The van der Waals surface area contributed by atoms with E-state index in [2.05, 4.69) is 44.3 Å². The average molecular weight is 405 g/mol. The average Bonchev–Trinajstić information content (AvgIpc) is 2.74. The summed E-state index contributed by atoms with van der Waals surface area (Å²) < 4.78 is 0. The van der Waals surface area contributed by atoms with Crippen LogP contribution in [0, 0.1) is 0 Å². The number of anilines is 2. The minimum atomic E-state index is -0.112. The van der Waals surface area contributed by atoms with Crippen molar-refractivity contribution >= 4 is 28.6 Å². The van der Waals surface area contributed by atoms with Crippen LogP contribution in [0.15, 0.2) is 48.5 Å². The van der Waals surface area contributed by atoms with Crippen LogP contribution in [0.5, 0.6) is 0 Å². The lowest BCUT2D eigenvalue weighted by Crippen LogP contribution is -2.45. The molecule has 0 bridgehead atoms. The number of benzene rings is 2. The predicted molar refractivity (Wildman–Crippen MR) is 121 cm³/mol. The van der Waals surface area contributed by atoms with Crippen molar-refractivity contribution in [3.8, 4) is 0 Å². The van der Waals surface area contributed by atoms with E-state index in [0.29, 0.717) is 11.1 Å². The highest BCUT2D eigenvalue weighted by molar-refractivity contribution is 6.00. The Morgan fingerprint density at radius 1 is 1.10 bits per heavy atom. The van der Waals surface area contributed by atoms with Gasteiger partial charge < -0.3 is 20.9 Å². The van der Waals surface area contributed by atoms with Crippen molar-refractivity contribution in [1.29, 1.82) is 0 Å². The first kappa shape index (κ1) is 20.1. The van der Waals surface area contributed by atoms with Gasteiger partial charge in [0, 0.05) is 43.2 Å². The summed E-state index contributed by atoms with van der Waals surface area (Å²) in [6.45, 7) is 5.75. The summed E-state index contributed by atoms with van der Waals surface area (Å²) in [6, 6.07) is 15.7. The van der Waals surface area contributed by atoms with Gasteiger partial charge in [0.15, 0.2) is 0 Å². The molecule has 1 amide bonds. The van der Waals surface area contributed by atoms with Crippen LogP contribution in [-0.4, -0.2) is 60.0 Å². The van der Waals surface area contributed by atoms with Crippen LogP contribution >= 0.6 is 0 Å². The number of nitrogens with zero attached hydrogens (tertiary/aromatic N) is 4. The largest absolute Gasteiger partial charge is 0.368 e. The monoisotopic (exact) mass is 404 g/mol. The number of hydrogen-bond acceptors (Lipinski definition) is 6. The van der Waals surface area contributed by atoms with Crippen LogP contribution in [0.1, 0.15) is 22.8 Å². The van der Waals surface area contributed by atoms with E-state index in [0.717, 1.165) is 43.8 Å². The molecule has 1 saturated heterocycles. The highest BCUT2D eigenvalue weighted by Crippen LogP contribution is 2.26. The molecule has 0 spiro atoms. The first-order chi connectivity index (χ1) is 14.5. The molecule has 7 nitrogen and oxygen atoms in total. The second-order valence-corrected chi connectivity index (χ2v) is 7.99. The number of nitrogens with one attached hydrogen (secondary N) is 1. The number of likely N-dealkylation sites (N-methyl/N-ethyl adjacent to an activating group) is 1. The van der Waals surface area contributed by atoms with Gasteiger partial charge in [-0.05, 0) is 44.2 Å². The Kier molecular flexibility index (Phi) is 5.81. The lowest BCUT2D eigenvalue weighted by Gasteiger charge is -2.33. The predicted octanol–water partition coefficient (Wildman–Crippen LogP) is 2.32. The van der Waals surface area contributed by atoms with E-state index in [1.807, 2.05) is 37.3 Å². The summed E-state index contributed by atoms with van der Waals surface area (Å²) in [4.78, 5) is 26.2. The number of carbonyl (C=O) groups excluding carboxylic acids is 1. The number of hydrogen-bond donors (Lipinski definition) is 2. The Labute approximate surface area is 176 Å². The Morgan fingerprint density at radius 3 is 2.57 bits per heavy atom. The second kappa shape index (κ2) is 8.67. The highest BCUT2D eigenvalue weighted by Gasteiger charge is 2.20. The quantitative estimate of drug-likeness (QED) is 0.679. The highest BCUT2D eigenvalue weighted by atomic mass is 16.1. The van der Waals surface area contributed by atoms with Crippen molar-refractivity contribution in [2.45, 2.75) is 19.4 Å². The molecule has 0 radical (unpaired) electrons. The third-order valence-electron chi connectivity index (χ3n) is 5.52. The molecule has 2 aromatic carbocycles. The summed E-state index contributed by atoms with van der Waals surface area (Å²) in [5.74, 6) is 0.958. The van der Waals surface area contributed by atoms with Crippen molar-refractivity contribution < 1.29 is 4.79 Å². The van der Waals surface area contributed by atoms with Gasteiger partial charge in [0.1, 0.15) is 5.82 Å². The van der Waals surface area contributed by atoms with Crippen LogP contribution in [0.2, 0.25) is 0 Å². The fraction of sp³-hybridized carbons (Fsp3) is 0.348. The molecule has 3 N–H and O–H groups in total. The zero-order valence-electron chi connectivity index (χ0n) is 17.5. The van der Waals surface area contributed by atoms with Crippen molar-refractivity contribution in [3.63, 3.8) is 0 Å². The zero-order valence-corrected chi connectivity index (χ0v) is 17.5. The van der Waals surface area contributed by atoms with Gasteiger partial charge in [-0.2, -0.15) is 4.98 Å². The van der Waals surface area contributed by atoms with Crippen molar-refractivity contribution in [2.75, 3.05) is 43.9 Å². The van der Waals surface area contributed by atoms with E-state index >= 15 is 0 Å². The fourth-order valence-corrected chi connectivity index (χ4v) is 3.86. The first-order valence-electron chi connectivity index (χ1n) is 10.3. The maximum Gasteiger partial charge on any atom is 0.251 e. The molecule has 156 valence electrons. The molecule has 30 heavy (non-hydrogen) atoms. The van der Waals surface area contributed by atoms with Crippen molar-refractivity contribution in [3.05, 3.63) is 59.7 Å². The molecular formula is C23H28N6O. The van der Waals surface area contributed by atoms with E-state index in [1.54, 1.807) is 6.07 Å². The molecule has 7 heteroatoms. The molecule has 1 unspecified atom stereocenters. The molecule has 0 saturated carbocycles. The van der Waals surface area contributed by atoms with E-state index in [-0.39, 0.29) is 17.9 Å². The topological polar surface area (TPSA) is 87.4 Å². The Bertz CT molecular complexity index is 1030. The van der Waals surface area contributed by atoms with Gasteiger partial charge in [-0.1, -0.05) is 30.3 Å². The SMILES string of the molecule is CC(Cc1ccccc1)NC(=O)c1ccc2c(N3CCN(C)CC3)nc(N)nc2c1. The lowest BCUT2D eigenvalue weighted by atomic mass is 10.1. The first-order valence-corrected chi connectivity index (χ1v) is 10.3.